The smallest absolute Gasteiger partial charge is 0.161 e. The Labute approximate surface area is 123 Å². The second-order valence-corrected chi connectivity index (χ2v) is 4.26. The van der Waals surface area contributed by atoms with Crippen LogP contribution in [0.1, 0.15) is 5.56 Å². The fraction of sp³-hybridized carbons (Fsp3) is 0.188. The van der Waals surface area contributed by atoms with Crippen molar-refractivity contribution in [2.45, 2.75) is 0 Å². The molecule has 0 spiro atoms. The molecule has 0 fully saturated rings. The maximum Gasteiger partial charge on any atom is 0.161 e. The Hall–Kier alpha value is -2.69. The minimum Gasteiger partial charge on any atom is -0.493 e. The van der Waals surface area contributed by atoms with Gasteiger partial charge in [-0.2, -0.15) is 0 Å². The molecule has 0 radical (unpaired) electrons. The first-order valence-corrected chi connectivity index (χ1v) is 6.54. The van der Waals surface area contributed by atoms with Crippen LogP contribution in [-0.4, -0.2) is 26.2 Å². The van der Waals surface area contributed by atoms with E-state index in [9.17, 15) is 0 Å². The summed E-state index contributed by atoms with van der Waals surface area (Å²) in [5, 5.41) is 7.49. The average molecular weight is 286 g/mol. The molecule has 3 N–H and O–H groups in total. The zero-order chi connectivity index (χ0) is 15.1. The number of para-hydroxylation sites is 3. The lowest BCUT2D eigenvalue weighted by Crippen LogP contribution is -2.15. The predicted molar refractivity (Wildman–Crippen MR) is 81.4 cm³/mol. The van der Waals surface area contributed by atoms with Crippen LogP contribution in [0.4, 0.5) is 0 Å². The summed E-state index contributed by atoms with van der Waals surface area (Å²) in [6, 6.07) is 14.6. The number of ether oxygens (including phenoxy) is 3. The zero-order valence-corrected chi connectivity index (χ0v) is 11.8. The van der Waals surface area contributed by atoms with Gasteiger partial charge in [0.15, 0.2) is 11.5 Å². The van der Waals surface area contributed by atoms with Gasteiger partial charge in [0.1, 0.15) is 24.8 Å². The Kier molecular flexibility index (Phi) is 5.04. The summed E-state index contributed by atoms with van der Waals surface area (Å²) in [6.45, 7) is 0.717. The molecule has 0 saturated carbocycles. The van der Waals surface area contributed by atoms with E-state index in [0.29, 0.717) is 36.0 Å². The van der Waals surface area contributed by atoms with Gasteiger partial charge in [-0.3, -0.25) is 5.41 Å². The number of amidine groups is 1. The molecule has 21 heavy (non-hydrogen) atoms. The van der Waals surface area contributed by atoms with Crippen molar-refractivity contribution in [1.82, 2.24) is 0 Å². The van der Waals surface area contributed by atoms with Gasteiger partial charge in [0, 0.05) is 0 Å². The van der Waals surface area contributed by atoms with E-state index in [1.807, 2.05) is 36.4 Å². The Balaban J connectivity index is 1.89. The molecule has 0 aliphatic rings. The second kappa shape index (κ2) is 7.19. The molecule has 0 aliphatic carbocycles. The van der Waals surface area contributed by atoms with E-state index in [4.69, 9.17) is 25.4 Å². The van der Waals surface area contributed by atoms with Crippen molar-refractivity contribution < 1.29 is 14.2 Å². The topological polar surface area (TPSA) is 77.6 Å². The van der Waals surface area contributed by atoms with E-state index in [1.54, 1.807) is 19.2 Å². The predicted octanol–water partition coefficient (Wildman–Crippen LogP) is 2.44. The molecule has 0 amide bonds. The average Bonchev–Trinajstić information content (AvgIpc) is 2.52. The molecule has 0 aliphatic heterocycles. The molecule has 0 aromatic heterocycles. The molecule has 0 saturated heterocycles. The Morgan fingerprint density at radius 3 is 2.05 bits per heavy atom. The highest BCUT2D eigenvalue weighted by Gasteiger charge is 2.06. The summed E-state index contributed by atoms with van der Waals surface area (Å²) in [6.07, 6.45) is 0. The van der Waals surface area contributed by atoms with Gasteiger partial charge in [0.2, 0.25) is 0 Å². The van der Waals surface area contributed by atoms with Crippen LogP contribution in [0.3, 0.4) is 0 Å². The fourth-order valence-electron chi connectivity index (χ4n) is 1.86. The molecule has 0 atom stereocenters. The highest BCUT2D eigenvalue weighted by Crippen LogP contribution is 2.25. The molecule has 2 rings (SSSR count). The molecular formula is C16H18N2O3. The van der Waals surface area contributed by atoms with Gasteiger partial charge in [-0.05, 0) is 24.3 Å². The third kappa shape index (κ3) is 3.89. The third-order valence-electron chi connectivity index (χ3n) is 2.84. The van der Waals surface area contributed by atoms with Crippen molar-refractivity contribution in [3.63, 3.8) is 0 Å². The highest BCUT2D eigenvalue weighted by molar-refractivity contribution is 5.97. The van der Waals surface area contributed by atoms with Crippen LogP contribution in [0.15, 0.2) is 48.5 Å². The molecular weight excluding hydrogens is 268 g/mol. The van der Waals surface area contributed by atoms with E-state index < -0.39 is 0 Å². The zero-order valence-electron chi connectivity index (χ0n) is 11.8. The van der Waals surface area contributed by atoms with E-state index in [2.05, 4.69) is 0 Å². The lowest BCUT2D eigenvalue weighted by Gasteiger charge is -2.12. The van der Waals surface area contributed by atoms with Crippen LogP contribution in [0.2, 0.25) is 0 Å². The van der Waals surface area contributed by atoms with Crippen LogP contribution in [-0.2, 0) is 0 Å². The van der Waals surface area contributed by atoms with Crippen LogP contribution < -0.4 is 19.9 Å². The lowest BCUT2D eigenvalue weighted by molar-refractivity contribution is 0.211. The number of nitrogens with one attached hydrogen (secondary N) is 1. The van der Waals surface area contributed by atoms with Crippen molar-refractivity contribution in [1.29, 1.82) is 5.41 Å². The van der Waals surface area contributed by atoms with Crippen LogP contribution in [0.5, 0.6) is 17.2 Å². The van der Waals surface area contributed by atoms with Crippen molar-refractivity contribution in [3.05, 3.63) is 54.1 Å². The van der Waals surface area contributed by atoms with Crippen LogP contribution in [0, 0.1) is 5.41 Å². The second-order valence-electron chi connectivity index (χ2n) is 4.26. The largest absolute Gasteiger partial charge is 0.493 e. The standard InChI is InChI=1S/C16H18N2O3/c1-19-14-8-4-5-9-15(14)21-11-10-20-13-7-3-2-6-12(13)16(17)18/h2-9H,10-11H2,1H3,(H3,17,18). The number of benzene rings is 2. The molecule has 0 bridgehead atoms. The summed E-state index contributed by atoms with van der Waals surface area (Å²) >= 11 is 0. The molecule has 2 aromatic carbocycles. The minimum absolute atomic E-state index is 0.0174. The van der Waals surface area contributed by atoms with E-state index >= 15 is 0 Å². The summed E-state index contributed by atoms with van der Waals surface area (Å²) in [5.41, 5.74) is 6.08. The number of hydrogen-bond donors (Lipinski definition) is 2. The van der Waals surface area contributed by atoms with Crippen molar-refractivity contribution >= 4 is 5.84 Å². The fourth-order valence-corrected chi connectivity index (χ4v) is 1.86. The molecule has 2 aromatic rings. The molecule has 5 nitrogen and oxygen atoms in total. The summed E-state index contributed by atoms with van der Waals surface area (Å²) in [4.78, 5) is 0. The third-order valence-corrected chi connectivity index (χ3v) is 2.84. The number of methoxy groups -OCH3 is 1. The Morgan fingerprint density at radius 1 is 0.905 bits per heavy atom. The van der Waals surface area contributed by atoms with E-state index in [0.717, 1.165) is 0 Å². The van der Waals surface area contributed by atoms with Gasteiger partial charge in [0.05, 0.1) is 12.7 Å². The summed E-state index contributed by atoms with van der Waals surface area (Å²) in [7, 11) is 1.60. The number of rotatable bonds is 7. The van der Waals surface area contributed by atoms with Crippen LogP contribution >= 0.6 is 0 Å². The lowest BCUT2D eigenvalue weighted by atomic mass is 10.2. The quantitative estimate of drug-likeness (QED) is 0.465. The highest BCUT2D eigenvalue weighted by atomic mass is 16.5. The SMILES string of the molecule is COc1ccccc1OCCOc1ccccc1C(=N)N. The Bertz CT molecular complexity index is 614. The summed E-state index contributed by atoms with van der Waals surface area (Å²) in [5.74, 6) is 1.91. The first kappa shape index (κ1) is 14.7. The number of nitrogens with two attached hydrogens (primary N) is 1. The monoisotopic (exact) mass is 286 g/mol. The van der Waals surface area contributed by atoms with E-state index in [1.165, 1.54) is 0 Å². The molecule has 0 unspecified atom stereocenters. The van der Waals surface area contributed by atoms with Crippen molar-refractivity contribution in [3.8, 4) is 17.2 Å². The maximum atomic E-state index is 7.49. The molecule has 0 heterocycles. The number of nitrogen functional groups attached to an aromatic ring is 1. The van der Waals surface area contributed by atoms with Gasteiger partial charge in [0.25, 0.3) is 0 Å². The van der Waals surface area contributed by atoms with Crippen molar-refractivity contribution in [2.24, 2.45) is 5.73 Å². The molecule has 5 heteroatoms. The first-order chi connectivity index (χ1) is 10.2. The van der Waals surface area contributed by atoms with Gasteiger partial charge in [-0.1, -0.05) is 24.3 Å². The summed E-state index contributed by atoms with van der Waals surface area (Å²) < 4.78 is 16.4. The maximum absolute atomic E-state index is 7.49. The van der Waals surface area contributed by atoms with Gasteiger partial charge >= 0.3 is 0 Å². The molecule has 110 valence electrons. The van der Waals surface area contributed by atoms with Gasteiger partial charge in [-0.15, -0.1) is 0 Å². The van der Waals surface area contributed by atoms with Crippen molar-refractivity contribution in [2.75, 3.05) is 20.3 Å². The number of hydrogen-bond acceptors (Lipinski definition) is 4. The Morgan fingerprint density at radius 2 is 1.43 bits per heavy atom. The van der Waals surface area contributed by atoms with Gasteiger partial charge < -0.3 is 19.9 Å². The normalized spacial score (nSPS) is 9.95. The first-order valence-electron chi connectivity index (χ1n) is 6.54. The van der Waals surface area contributed by atoms with E-state index in [-0.39, 0.29) is 5.84 Å². The van der Waals surface area contributed by atoms with Crippen LogP contribution in [0.25, 0.3) is 0 Å². The van der Waals surface area contributed by atoms with Gasteiger partial charge in [-0.25, -0.2) is 0 Å². The minimum atomic E-state index is -0.0174.